The van der Waals surface area contributed by atoms with Crippen molar-refractivity contribution in [2.45, 2.75) is 26.8 Å². The number of halogens is 2. The van der Waals surface area contributed by atoms with Crippen LogP contribution in [0.5, 0.6) is 0 Å². The summed E-state index contributed by atoms with van der Waals surface area (Å²) in [6.45, 7) is 5.72. The molecular weight excluding hydrogens is 282 g/mol. The van der Waals surface area contributed by atoms with Gasteiger partial charge in [0.1, 0.15) is 5.52 Å². The Hall–Kier alpha value is -1.27. The van der Waals surface area contributed by atoms with Gasteiger partial charge in [-0.1, -0.05) is 13.8 Å². The van der Waals surface area contributed by atoms with Gasteiger partial charge in [0.15, 0.2) is 16.4 Å². The Morgan fingerprint density at radius 3 is 2.75 bits per heavy atom. The van der Waals surface area contributed by atoms with E-state index in [1.807, 2.05) is 0 Å². The first-order valence-corrected chi connectivity index (χ1v) is 7.05. The number of nitrogens with zero attached hydrogens (tertiary/aromatic N) is 1. The summed E-state index contributed by atoms with van der Waals surface area (Å²) in [4.78, 5) is 2.87. The summed E-state index contributed by atoms with van der Waals surface area (Å²) in [7, 11) is 0. The molecule has 2 aromatic rings. The Balaban J connectivity index is 2.12. The minimum absolute atomic E-state index is 0.169. The third-order valence-corrected chi connectivity index (χ3v) is 3.45. The zero-order chi connectivity index (χ0) is 14.7. The number of ether oxygens (including phenoxy) is 1. The fraction of sp³-hybridized carbons (Fsp3) is 0.500. The predicted octanol–water partition coefficient (Wildman–Crippen LogP) is 4.04. The first-order chi connectivity index (χ1) is 9.50. The van der Waals surface area contributed by atoms with E-state index in [4.69, 9.17) is 17.0 Å². The van der Waals surface area contributed by atoms with Crippen LogP contribution in [-0.4, -0.2) is 22.8 Å². The van der Waals surface area contributed by atoms with E-state index in [2.05, 4.69) is 18.8 Å². The molecule has 2 rings (SSSR count). The van der Waals surface area contributed by atoms with Crippen molar-refractivity contribution >= 4 is 23.3 Å². The van der Waals surface area contributed by atoms with E-state index < -0.39 is 11.6 Å². The molecule has 0 saturated heterocycles. The summed E-state index contributed by atoms with van der Waals surface area (Å²) in [5.74, 6) is -1.17. The summed E-state index contributed by atoms with van der Waals surface area (Å²) >= 11 is 5.14. The average molecular weight is 300 g/mol. The van der Waals surface area contributed by atoms with Crippen LogP contribution in [0.4, 0.5) is 8.78 Å². The maximum atomic E-state index is 13.9. The summed E-state index contributed by atoms with van der Waals surface area (Å²) in [5.41, 5.74) is 0.665. The van der Waals surface area contributed by atoms with E-state index in [1.54, 1.807) is 4.57 Å². The SMILES string of the molecule is CC(C)CCOCCn1c(=S)[nH]c2ccc(F)c(F)c21. The highest BCUT2D eigenvalue weighted by molar-refractivity contribution is 7.71. The molecule has 3 nitrogen and oxygen atoms in total. The van der Waals surface area contributed by atoms with Crippen LogP contribution >= 0.6 is 12.2 Å². The van der Waals surface area contributed by atoms with Crippen LogP contribution in [0.25, 0.3) is 11.0 Å². The molecule has 0 spiro atoms. The summed E-state index contributed by atoms with van der Waals surface area (Å²) < 4.78 is 34.6. The van der Waals surface area contributed by atoms with Crippen molar-refractivity contribution in [3.63, 3.8) is 0 Å². The second kappa shape index (κ2) is 6.45. The first kappa shape index (κ1) is 15.1. The molecule has 6 heteroatoms. The minimum Gasteiger partial charge on any atom is -0.380 e. The second-order valence-corrected chi connectivity index (χ2v) is 5.52. The van der Waals surface area contributed by atoms with E-state index in [9.17, 15) is 8.78 Å². The number of aromatic nitrogens is 2. The molecule has 20 heavy (non-hydrogen) atoms. The third kappa shape index (κ3) is 3.24. The predicted molar refractivity (Wildman–Crippen MR) is 77.3 cm³/mol. The maximum absolute atomic E-state index is 13.9. The van der Waals surface area contributed by atoms with Crippen molar-refractivity contribution in [1.82, 2.24) is 9.55 Å². The van der Waals surface area contributed by atoms with Crippen molar-refractivity contribution < 1.29 is 13.5 Å². The number of nitrogens with one attached hydrogen (secondary N) is 1. The lowest BCUT2D eigenvalue weighted by molar-refractivity contribution is 0.116. The zero-order valence-electron chi connectivity index (χ0n) is 11.6. The van der Waals surface area contributed by atoms with Gasteiger partial charge in [0.05, 0.1) is 12.1 Å². The number of benzene rings is 1. The Morgan fingerprint density at radius 1 is 1.30 bits per heavy atom. The van der Waals surface area contributed by atoms with Gasteiger partial charge in [-0.25, -0.2) is 8.78 Å². The number of aromatic amines is 1. The molecule has 0 radical (unpaired) electrons. The van der Waals surface area contributed by atoms with Crippen molar-refractivity contribution in [2.24, 2.45) is 5.92 Å². The molecule has 0 bridgehead atoms. The molecule has 1 heterocycles. The summed E-state index contributed by atoms with van der Waals surface area (Å²) in [6, 6.07) is 2.58. The van der Waals surface area contributed by atoms with E-state index in [-0.39, 0.29) is 5.52 Å². The Labute approximate surface area is 121 Å². The van der Waals surface area contributed by atoms with Gasteiger partial charge < -0.3 is 14.3 Å². The highest BCUT2D eigenvalue weighted by Gasteiger charge is 2.13. The zero-order valence-corrected chi connectivity index (χ0v) is 12.4. The number of fused-ring (bicyclic) bond motifs is 1. The number of H-pyrrole nitrogens is 1. The van der Waals surface area contributed by atoms with Crippen LogP contribution in [0.1, 0.15) is 20.3 Å². The fourth-order valence-electron chi connectivity index (χ4n) is 1.98. The van der Waals surface area contributed by atoms with Crippen molar-refractivity contribution in [3.05, 3.63) is 28.5 Å². The lowest BCUT2D eigenvalue weighted by Crippen LogP contribution is -2.09. The van der Waals surface area contributed by atoms with Gasteiger partial charge >= 0.3 is 0 Å². The quantitative estimate of drug-likeness (QED) is 0.644. The van der Waals surface area contributed by atoms with Gasteiger partial charge in [-0.15, -0.1) is 0 Å². The van der Waals surface area contributed by atoms with Crippen LogP contribution in [0.3, 0.4) is 0 Å². The van der Waals surface area contributed by atoms with E-state index >= 15 is 0 Å². The molecule has 1 N–H and O–H groups in total. The van der Waals surface area contributed by atoms with Gasteiger partial charge in [-0.3, -0.25) is 0 Å². The lowest BCUT2D eigenvalue weighted by Gasteiger charge is -2.08. The molecule has 0 atom stereocenters. The molecule has 110 valence electrons. The minimum atomic E-state index is -0.878. The van der Waals surface area contributed by atoms with Gasteiger partial charge in [0, 0.05) is 13.2 Å². The van der Waals surface area contributed by atoms with E-state index in [1.165, 1.54) is 6.07 Å². The molecular formula is C14H18F2N2OS. The number of imidazole rings is 1. The van der Waals surface area contributed by atoms with Crippen LogP contribution < -0.4 is 0 Å². The molecule has 0 aliphatic carbocycles. The van der Waals surface area contributed by atoms with Crippen LogP contribution in [0.2, 0.25) is 0 Å². The molecule has 0 saturated carbocycles. The Morgan fingerprint density at radius 2 is 2.05 bits per heavy atom. The van der Waals surface area contributed by atoms with E-state index in [0.29, 0.717) is 36.0 Å². The fourth-order valence-corrected chi connectivity index (χ4v) is 2.27. The lowest BCUT2D eigenvalue weighted by atomic mass is 10.1. The summed E-state index contributed by atoms with van der Waals surface area (Å²) in [6.07, 6.45) is 0.974. The van der Waals surface area contributed by atoms with Gasteiger partial charge in [-0.05, 0) is 36.7 Å². The smallest absolute Gasteiger partial charge is 0.184 e. The largest absolute Gasteiger partial charge is 0.380 e. The van der Waals surface area contributed by atoms with Crippen LogP contribution in [-0.2, 0) is 11.3 Å². The molecule has 1 aromatic carbocycles. The number of hydrogen-bond donors (Lipinski definition) is 1. The second-order valence-electron chi connectivity index (χ2n) is 5.13. The van der Waals surface area contributed by atoms with Crippen molar-refractivity contribution in [3.8, 4) is 0 Å². The molecule has 0 amide bonds. The van der Waals surface area contributed by atoms with Crippen molar-refractivity contribution in [2.75, 3.05) is 13.2 Å². The van der Waals surface area contributed by atoms with Crippen LogP contribution in [0, 0.1) is 22.3 Å². The highest BCUT2D eigenvalue weighted by atomic mass is 32.1. The van der Waals surface area contributed by atoms with Gasteiger partial charge in [-0.2, -0.15) is 0 Å². The Kier molecular flexibility index (Phi) is 4.88. The number of rotatable bonds is 6. The molecule has 0 fully saturated rings. The molecule has 0 aliphatic rings. The van der Waals surface area contributed by atoms with E-state index in [0.717, 1.165) is 12.5 Å². The third-order valence-electron chi connectivity index (χ3n) is 3.12. The number of hydrogen-bond acceptors (Lipinski definition) is 2. The normalized spacial score (nSPS) is 11.7. The maximum Gasteiger partial charge on any atom is 0.184 e. The van der Waals surface area contributed by atoms with Gasteiger partial charge in [0.25, 0.3) is 0 Å². The Bertz CT molecular complexity index is 648. The topological polar surface area (TPSA) is 29.9 Å². The van der Waals surface area contributed by atoms with Crippen LogP contribution in [0.15, 0.2) is 12.1 Å². The first-order valence-electron chi connectivity index (χ1n) is 6.65. The van der Waals surface area contributed by atoms with Crippen molar-refractivity contribution in [1.29, 1.82) is 0 Å². The molecule has 0 aliphatic heterocycles. The average Bonchev–Trinajstić information content (AvgIpc) is 2.70. The highest BCUT2D eigenvalue weighted by Crippen LogP contribution is 2.20. The molecule has 0 unspecified atom stereocenters. The monoisotopic (exact) mass is 300 g/mol. The van der Waals surface area contributed by atoms with Gasteiger partial charge in [0.2, 0.25) is 0 Å². The standard InChI is InChI=1S/C14H18F2N2OS/c1-9(2)5-7-19-8-6-18-13-11(17-14(18)20)4-3-10(15)12(13)16/h3-4,9H,5-8H2,1-2H3,(H,17,20). The molecule has 1 aromatic heterocycles. The summed E-state index contributed by atoms with van der Waals surface area (Å²) in [5, 5.41) is 0.